The molecule has 1 N–H and O–H groups in total. The molecule has 1 aliphatic heterocycles. The van der Waals surface area contributed by atoms with Crippen LogP contribution in [0.1, 0.15) is 28.4 Å². The average molecular weight is 219 g/mol. The summed E-state index contributed by atoms with van der Waals surface area (Å²) in [5, 5.41) is 9.61. The second kappa shape index (κ2) is 3.59. The molecule has 3 nitrogen and oxygen atoms in total. The molecule has 1 aromatic carbocycles. The Kier molecular flexibility index (Phi) is 2.50. The van der Waals surface area contributed by atoms with Gasteiger partial charge in [0, 0.05) is 5.56 Å². The molecule has 1 saturated heterocycles. The lowest BCUT2D eigenvalue weighted by atomic mass is 9.94. The average Bonchev–Trinajstić information content (AvgIpc) is 2.17. The number of benzene rings is 1. The first-order valence-electron chi connectivity index (χ1n) is 5.48. The van der Waals surface area contributed by atoms with E-state index in [-0.39, 0.29) is 5.91 Å². The first-order chi connectivity index (χ1) is 7.41. The van der Waals surface area contributed by atoms with E-state index in [0.29, 0.717) is 13.1 Å². The zero-order chi connectivity index (χ0) is 11.9. The van der Waals surface area contributed by atoms with Crippen molar-refractivity contribution in [2.75, 3.05) is 13.1 Å². The van der Waals surface area contributed by atoms with Crippen LogP contribution in [0.15, 0.2) is 18.2 Å². The SMILES string of the molecule is Cc1cccc(C(=O)N2CC(C)(O)C2)c1C. The highest BCUT2D eigenvalue weighted by atomic mass is 16.3. The van der Waals surface area contributed by atoms with Crippen molar-refractivity contribution in [2.45, 2.75) is 26.4 Å². The molecule has 0 atom stereocenters. The Balaban J connectivity index is 2.20. The van der Waals surface area contributed by atoms with Crippen LogP contribution >= 0.6 is 0 Å². The van der Waals surface area contributed by atoms with Crippen molar-refractivity contribution in [2.24, 2.45) is 0 Å². The predicted octanol–water partition coefficient (Wildman–Crippen LogP) is 1.51. The zero-order valence-corrected chi connectivity index (χ0v) is 9.95. The normalized spacial score (nSPS) is 18.1. The minimum atomic E-state index is -0.701. The second-order valence-corrected chi connectivity index (χ2v) is 4.91. The Labute approximate surface area is 95.7 Å². The van der Waals surface area contributed by atoms with E-state index in [2.05, 4.69) is 0 Å². The molecule has 0 radical (unpaired) electrons. The van der Waals surface area contributed by atoms with E-state index in [1.807, 2.05) is 32.0 Å². The highest BCUT2D eigenvalue weighted by Gasteiger charge is 2.39. The summed E-state index contributed by atoms with van der Waals surface area (Å²) >= 11 is 0. The summed E-state index contributed by atoms with van der Waals surface area (Å²) in [6.07, 6.45) is 0. The van der Waals surface area contributed by atoms with E-state index in [4.69, 9.17) is 0 Å². The Morgan fingerprint density at radius 1 is 1.38 bits per heavy atom. The van der Waals surface area contributed by atoms with Gasteiger partial charge < -0.3 is 10.0 Å². The summed E-state index contributed by atoms with van der Waals surface area (Å²) < 4.78 is 0. The highest BCUT2D eigenvalue weighted by Crippen LogP contribution is 2.24. The summed E-state index contributed by atoms with van der Waals surface area (Å²) in [7, 11) is 0. The fraction of sp³-hybridized carbons (Fsp3) is 0.462. The number of likely N-dealkylation sites (tertiary alicyclic amines) is 1. The molecule has 1 aromatic rings. The summed E-state index contributed by atoms with van der Waals surface area (Å²) in [6, 6.07) is 5.74. The van der Waals surface area contributed by atoms with Crippen LogP contribution < -0.4 is 0 Å². The van der Waals surface area contributed by atoms with Gasteiger partial charge in [0.05, 0.1) is 18.7 Å². The lowest BCUT2D eigenvalue weighted by Crippen LogP contribution is -2.61. The fourth-order valence-corrected chi connectivity index (χ4v) is 2.07. The van der Waals surface area contributed by atoms with Gasteiger partial charge in [0.15, 0.2) is 0 Å². The van der Waals surface area contributed by atoms with Gasteiger partial charge in [-0.3, -0.25) is 4.79 Å². The third-order valence-corrected chi connectivity index (χ3v) is 3.19. The number of aryl methyl sites for hydroxylation is 1. The molecule has 0 aromatic heterocycles. The van der Waals surface area contributed by atoms with Gasteiger partial charge in [-0.2, -0.15) is 0 Å². The molecule has 0 saturated carbocycles. The minimum absolute atomic E-state index is 0.0210. The first-order valence-corrected chi connectivity index (χ1v) is 5.48. The van der Waals surface area contributed by atoms with E-state index < -0.39 is 5.60 Å². The van der Waals surface area contributed by atoms with Crippen LogP contribution in [0, 0.1) is 13.8 Å². The van der Waals surface area contributed by atoms with Crippen molar-refractivity contribution < 1.29 is 9.90 Å². The van der Waals surface area contributed by atoms with Crippen molar-refractivity contribution in [3.63, 3.8) is 0 Å². The molecule has 0 unspecified atom stereocenters. The van der Waals surface area contributed by atoms with Crippen LogP contribution in [-0.4, -0.2) is 34.6 Å². The van der Waals surface area contributed by atoms with Gasteiger partial charge in [-0.15, -0.1) is 0 Å². The number of carbonyl (C=O) groups is 1. The number of aliphatic hydroxyl groups is 1. The summed E-state index contributed by atoms with van der Waals surface area (Å²) in [5.74, 6) is 0.0210. The fourth-order valence-electron chi connectivity index (χ4n) is 2.07. The molecule has 0 bridgehead atoms. The Hall–Kier alpha value is -1.35. The van der Waals surface area contributed by atoms with Crippen molar-refractivity contribution in [3.8, 4) is 0 Å². The van der Waals surface area contributed by atoms with Gasteiger partial charge in [-0.05, 0) is 38.0 Å². The summed E-state index contributed by atoms with van der Waals surface area (Å²) in [5.41, 5.74) is 2.19. The number of amides is 1. The molecule has 86 valence electrons. The van der Waals surface area contributed by atoms with Gasteiger partial charge in [-0.1, -0.05) is 12.1 Å². The Morgan fingerprint density at radius 3 is 2.56 bits per heavy atom. The van der Waals surface area contributed by atoms with Gasteiger partial charge in [-0.25, -0.2) is 0 Å². The smallest absolute Gasteiger partial charge is 0.254 e. The van der Waals surface area contributed by atoms with Crippen molar-refractivity contribution in [3.05, 3.63) is 34.9 Å². The molecule has 1 heterocycles. The first kappa shape index (κ1) is 11.1. The molecule has 2 rings (SSSR count). The van der Waals surface area contributed by atoms with Gasteiger partial charge in [0.2, 0.25) is 0 Å². The van der Waals surface area contributed by atoms with Gasteiger partial charge >= 0.3 is 0 Å². The molecule has 3 heteroatoms. The maximum atomic E-state index is 12.1. The third-order valence-electron chi connectivity index (χ3n) is 3.19. The topological polar surface area (TPSA) is 40.5 Å². The monoisotopic (exact) mass is 219 g/mol. The maximum absolute atomic E-state index is 12.1. The van der Waals surface area contributed by atoms with Gasteiger partial charge in [0.25, 0.3) is 5.91 Å². The maximum Gasteiger partial charge on any atom is 0.254 e. The third kappa shape index (κ3) is 1.83. The number of carbonyl (C=O) groups excluding carboxylic acids is 1. The van der Waals surface area contributed by atoms with Crippen LogP contribution in [-0.2, 0) is 0 Å². The molecular weight excluding hydrogens is 202 g/mol. The molecule has 1 aliphatic rings. The molecule has 0 aliphatic carbocycles. The lowest BCUT2D eigenvalue weighted by molar-refractivity contribution is -0.0669. The van der Waals surface area contributed by atoms with Crippen molar-refractivity contribution >= 4 is 5.91 Å². The largest absolute Gasteiger partial charge is 0.386 e. The van der Waals surface area contributed by atoms with E-state index in [1.54, 1.807) is 11.8 Å². The Bertz CT molecular complexity index is 430. The number of rotatable bonds is 1. The highest BCUT2D eigenvalue weighted by molar-refractivity contribution is 5.96. The Morgan fingerprint density at radius 2 is 2.00 bits per heavy atom. The van der Waals surface area contributed by atoms with Crippen LogP contribution in [0.5, 0.6) is 0 Å². The number of nitrogens with zero attached hydrogens (tertiary/aromatic N) is 1. The minimum Gasteiger partial charge on any atom is -0.386 e. The molecule has 1 fully saturated rings. The summed E-state index contributed by atoms with van der Waals surface area (Å²) in [6.45, 7) is 6.57. The van der Waals surface area contributed by atoms with Crippen LogP contribution in [0.4, 0.5) is 0 Å². The van der Waals surface area contributed by atoms with Crippen molar-refractivity contribution in [1.29, 1.82) is 0 Å². The summed E-state index contributed by atoms with van der Waals surface area (Å²) in [4.78, 5) is 13.8. The quantitative estimate of drug-likeness (QED) is 0.777. The zero-order valence-electron chi connectivity index (χ0n) is 9.95. The van der Waals surface area contributed by atoms with Gasteiger partial charge in [0.1, 0.15) is 0 Å². The van der Waals surface area contributed by atoms with Crippen molar-refractivity contribution in [1.82, 2.24) is 4.90 Å². The van der Waals surface area contributed by atoms with E-state index >= 15 is 0 Å². The molecular formula is C13H17NO2. The van der Waals surface area contributed by atoms with Crippen LogP contribution in [0.25, 0.3) is 0 Å². The van der Waals surface area contributed by atoms with E-state index in [1.165, 1.54) is 0 Å². The number of hydrogen-bond acceptors (Lipinski definition) is 2. The second-order valence-electron chi connectivity index (χ2n) is 4.91. The van der Waals surface area contributed by atoms with Crippen LogP contribution in [0.2, 0.25) is 0 Å². The predicted molar refractivity (Wildman–Crippen MR) is 62.4 cm³/mol. The van der Waals surface area contributed by atoms with E-state index in [9.17, 15) is 9.90 Å². The number of β-amino-alcohol motifs (C(OH)–C–C–N with tert-alkyl or cyclic N) is 1. The molecule has 1 amide bonds. The molecule has 16 heavy (non-hydrogen) atoms. The van der Waals surface area contributed by atoms with E-state index in [0.717, 1.165) is 16.7 Å². The van der Waals surface area contributed by atoms with Crippen LogP contribution in [0.3, 0.4) is 0 Å². The number of hydrogen-bond donors (Lipinski definition) is 1. The molecule has 0 spiro atoms. The lowest BCUT2D eigenvalue weighted by Gasteiger charge is -2.44. The standard InChI is InChI=1S/C13H17NO2/c1-9-5-4-6-11(10(9)2)12(15)14-7-13(3,16)8-14/h4-6,16H,7-8H2,1-3H3.